The second kappa shape index (κ2) is 11.0. The molecule has 0 spiro atoms. The van der Waals surface area contributed by atoms with E-state index in [1.807, 2.05) is 6.07 Å². The third kappa shape index (κ3) is 5.60. The van der Waals surface area contributed by atoms with Crippen LogP contribution in [-0.2, 0) is 12.7 Å². The number of benzene rings is 1. The zero-order chi connectivity index (χ0) is 23.4. The smallest absolute Gasteiger partial charge is 0.419 e. The van der Waals surface area contributed by atoms with E-state index in [1.165, 1.54) is 12.1 Å². The highest BCUT2D eigenvalue weighted by Gasteiger charge is 2.35. The van der Waals surface area contributed by atoms with Crippen LogP contribution in [0.2, 0.25) is 0 Å². The number of aliphatic hydroxyl groups excluding tert-OH is 1. The Morgan fingerprint density at radius 1 is 1.21 bits per heavy atom. The molecule has 3 aromatic rings. The molecule has 1 saturated heterocycles. The second-order valence-electron chi connectivity index (χ2n) is 8.02. The first-order valence-electron chi connectivity index (χ1n) is 10.8. The van der Waals surface area contributed by atoms with Crippen LogP contribution in [0.5, 0.6) is 5.75 Å². The molecule has 0 atom stereocenters. The Labute approximate surface area is 201 Å². The lowest BCUT2D eigenvalue weighted by molar-refractivity contribution is -0.138. The molecular weight excluding hydrogens is 471 g/mol. The number of aromatic nitrogens is 3. The maximum absolute atomic E-state index is 13.9. The number of alkyl halides is 3. The highest BCUT2D eigenvalue weighted by atomic mass is 35.5. The van der Waals surface area contributed by atoms with Crippen molar-refractivity contribution in [3.05, 3.63) is 41.9 Å². The van der Waals surface area contributed by atoms with E-state index >= 15 is 0 Å². The van der Waals surface area contributed by atoms with Crippen molar-refractivity contribution < 1.29 is 23.0 Å². The molecule has 7 nitrogen and oxygen atoms in total. The summed E-state index contributed by atoms with van der Waals surface area (Å²) in [7, 11) is 0. The summed E-state index contributed by atoms with van der Waals surface area (Å²) in [5.74, 6) is 0.0663. The Morgan fingerprint density at radius 2 is 1.97 bits per heavy atom. The molecule has 1 aliphatic heterocycles. The summed E-state index contributed by atoms with van der Waals surface area (Å²) in [6.07, 6.45) is -0.266. The summed E-state index contributed by atoms with van der Waals surface area (Å²) in [5, 5.41) is 22.3. The van der Waals surface area contributed by atoms with Gasteiger partial charge in [-0.1, -0.05) is 0 Å². The topological polar surface area (TPSA) is 96.0 Å². The van der Waals surface area contributed by atoms with E-state index in [4.69, 9.17) is 4.74 Å². The quantitative estimate of drug-likeness (QED) is 0.510. The van der Waals surface area contributed by atoms with Crippen molar-refractivity contribution in [2.45, 2.75) is 32.0 Å². The lowest BCUT2D eigenvalue weighted by Crippen LogP contribution is -2.28. The van der Waals surface area contributed by atoms with Gasteiger partial charge in [0.15, 0.2) is 0 Å². The van der Waals surface area contributed by atoms with Crippen LogP contribution in [0.4, 0.5) is 13.2 Å². The number of aliphatic hydroxyl groups is 1. The SMILES string of the molecule is Cl.N#Cc1nc(-c2ccc(OCCC3CCNCC3)c(C(F)(F)F)c2)c2ccn(CCO)c2n1. The third-order valence-corrected chi connectivity index (χ3v) is 5.86. The Bertz CT molecular complexity index is 1170. The van der Waals surface area contributed by atoms with Crippen molar-refractivity contribution in [2.24, 2.45) is 5.92 Å². The van der Waals surface area contributed by atoms with Gasteiger partial charge in [0.05, 0.1) is 24.5 Å². The van der Waals surface area contributed by atoms with Gasteiger partial charge in [-0.2, -0.15) is 18.4 Å². The van der Waals surface area contributed by atoms with Crippen molar-refractivity contribution in [1.82, 2.24) is 19.9 Å². The number of rotatable bonds is 7. The van der Waals surface area contributed by atoms with Crippen molar-refractivity contribution >= 4 is 23.4 Å². The van der Waals surface area contributed by atoms with Gasteiger partial charge in [-0.15, -0.1) is 12.4 Å². The van der Waals surface area contributed by atoms with Crippen molar-refractivity contribution in [2.75, 3.05) is 26.3 Å². The van der Waals surface area contributed by atoms with Gasteiger partial charge < -0.3 is 19.7 Å². The van der Waals surface area contributed by atoms with Crippen LogP contribution >= 0.6 is 12.4 Å². The van der Waals surface area contributed by atoms with E-state index in [0.29, 0.717) is 23.4 Å². The van der Waals surface area contributed by atoms with E-state index in [-0.39, 0.29) is 55.0 Å². The minimum Gasteiger partial charge on any atom is -0.493 e. The minimum atomic E-state index is -4.62. The Hall–Kier alpha value is -2.87. The molecule has 0 saturated carbocycles. The van der Waals surface area contributed by atoms with Gasteiger partial charge in [-0.05, 0) is 62.5 Å². The molecule has 3 heterocycles. The number of ether oxygens (including phenoxy) is 1. The van der Waals surface area contributed by atoms with Gasteiger partial charge in [0.1, 0.15) is 17.5 Å². The summed E-state index contributed by atoms with van der Waals surface area (Å²) in [5.41, 5.74) is -0.0782. The maximum atomic E-state index is 13.9. The first-order chi connectivity index (χ1) is 15.9. The van der Waals surface area contributed by atoms with Gasteiger partial charge in [-0.25, -0.2) is 9.97 Å². The first-order valence-corrected chi connectivity index (χ1v) is 10.8. The molecule has 2 aromatic heterocycles. The maximum Gasteiger partial charge on any atom is 0.419 e. The predicted octanol–water partition coefficient (Wildman–Crippen LogP) is 4.17. The number of piperidine rings is 1. The van der Waals surface area contributed by atoms with Gasteiger partial charge in [0.2, 0.25) is 5.82 Å². The number of hydrogen-bond acceptors (Lipinski definition) is 6. The van der Waals surface area contributed by atoms with Crippen LogP contribution < -0.4 is 10.1 Å². The van der Waals surface area contributed by atoms with Crippen LogP contribution in [0.25, 0.3) is 22.3 Å². The monoisotopic (exact) mass is 495 g/mol. The normalized spacial score (nSPS) is 14.6. The summed E-state index contributed by atoms with van der Waals surface area (Å²) in [4.78, 5) is 8.34. The Balaban J connectivity index is 0.00000324. The van der Waals surface area contributed by atoms with Crippen molar-refractivity contribution in [3.8, 4) is 23.1 Å². The van der Waals surface area contributed by atoms with Gasteiger partial charge in [0, 0.05) is 23.7 Å². The molecule has 1 aromatic carbocycles. The van der Waals surface area contributed by atoms with Crippen LogP contribution in [0.1, 0.15) is 30.7 Å². The van der Waals surface area contributed by atoms with E-state index in [0.717, 1.165) is 32.0 Å². The van der Waals surface area contributed by atoms with Crippen LogP contribution in [0.15, 0.2) is 30.5 Å². The number of hydrogen-bond donors (Lipinski definition) is 2. The molecule has 0 bridgehead atoms. The fraction of sp³-hybridized carbons (Fsp3) is 0.435. The van der Waals surface area contributed by atoms with Crippen LogP contribution in [0, 0.1) is 17.2 Å². The van der Waals surface area contributed by atoms with E-state index in [2.05, 4.69) is 15.3 Å². The third-order valence-electron chi connectivity index (χ3n) is 5.86. The number of fused-ring (bicyclic) bond motifs is 1. The number of halogens is 4. The molecule has 11 heteroatoms. The summed E-state index contributed by atoms with van der Waals surface area (Å²) < 4.78 is 48.9. The molecule has 0 aliphatic carbocycles. The second-order valence-corrected chi connectivity index (χ2v) is 8.02. The molecule has 1 aliphatic rings. The molecule has 2 N–H and O–H groups in total. The summed E-state index contributed by atoms with van der Waals surface area (Å²) in [6.45, 7) is 2.15. The molecule has 182 valence electrons. The number of nitrogens with zero attached hydrogens (tertiary/aromatic N) is 4. The predicted molar refractivity (Wildman–Crippen MR) is 123 cm³/mol. The summed E-state index contributed by atoms with van der Waals surface area (Å²) >= 11 is 0. The highest BCUT2D eigenvalue weighted by molar-refractivity contribution is 5.91. The van der Waals surface area contributed by atoms with Crippen molar-refractivity contribution in [1.29, 1.82) is 5.26 Å². The molecule has 0 radical (unpaired) electrons. The van der Waals surface area contributed by atoms with Crippen LogP contribution in [-0.4, -0.2) is 45.9 Å². The zero-order valence-electron chi connectivity index (χ0n) is 18.3. The van der Waals surface area contributed by atoms with E-state index in [9.17, 15) is 23.5 Å². The number of nitrogens with one attached hydrogen (secondary N) is 1. The first kappa shape index (κ1) is 25.7. The largest absolute Gasteiger partial charge is 0.493 e. The average Bonchev–Trinajstić information content (AvgIpc) is 3.21. The average molecular weight is 496 g/mol. The fourth-order valence-corrected chi connectivity index (χ4v) is 4.15. The summed E-state index contributed by atoms with van der Waals surface area (Å²) in [6, 6.07) is 7.35. The lowest BCUT2D eigenvalue weighted by atomic mass is 9.95. The fourth-order valence-electron chi connectivity index (χ4n) is 4.15. The molecule has 4 rings (SSSR count). The highest BCUT2D eigenvalue weighted by Crippen LogP contribution is 2.40. The molecule has 0 amide bonds. The Kier molecular flexibility index (Phi) is 8.36. The standard InChI is InChI=1S/C23H24F3N5O2.ClH/c24-23(25,26)18-13-16(1-2-19(18)33-12-6-15-3-7-28-8-4-15)21-17-5-9-31(10-11-32)22(17)30-20(14-27)29-21;/h1-2,5,9,13,15,28,32H,3-4,6-8,10-12H2;1H. The molecule has 0 unspecified atom stereocenters. The molecular formula is C23H25ClF3N5O2. The van der Waals surface area contributed by atoms with Gasteiger partial charge >= 0.3 is 6.18 Å². The molecule has 1 fully saturated rings. The van der Waals surface area contributed by atoms with Gasteiger partial charge in [0.25, 0.3) is 0 Å². The van der Waals surface area contributed by atoms with Gasteiger partial charge in [-0.3, -0.25) is 0 Å². The van der Waals surface area contributed by atoms with E-state index < -0.39 is 11.7 Å². The molecule has 34 heavy (non-hydrogen) atoms. The minimum absolute atomic E-state index is 0. The van der Waals surface area contributed by atoms with Crippen molar-refractivity contribution in [3.63, 3.8) is 0 Å². The van der Waals surface area contributed by atoms with Crippen LogP contribution in [0.3, 0.4) is 0 Å². The number of nitriles is 1. The zero-order valence-corrected chi connectivity index (χ0v) is 19.1. The lowest BCUT2D eigenvalue weighted by Gasteiger charge is -2.23. The Morgan fingerprint density at radius 3 is 2.65 bits per heavy atom. The van der Waals surface area contributed by atoms with E-state index in [1.54, 1.807) is 16.8 Å².